The van der Waals surface area contributed by atoms with Crippen LogP contribution in [0.4, 0.5) is 4.39 Å². The Labute approximate surface area is 229 Å². The predicted octanol–water partition coefficient (Wildman–Crippen LogP) is 5.67. The number of aryl methyl sites for hydroxylation is 2. The van der Waals surface area contributed by atoms with E-state index in [-0.39, 0.29) is 17.6 Å². The van der Waals surface area contributed by atoms with Gasteiger partial charge in [0.25, 0.3) is 0 Å². The number of aromatic amines is 1. The molecule has 39 heavy (non-hydrogen) atoms. The highest BCUT2D eigenvalue weighted by Crippen LogP contribution is 2.38. The van der Waals surface area contributed by atoms with E-state index in [4.69, 9.17) is 4.74 Å². The molecule has 0 aliphatic carbocycles. The van der Waals surface area contributed by atoms with Crippen LogP contribution in [0.25, 0.3) is 11.3 Å². The molecule has 0 unspecified atom stereocenters. The lowest BCUT2D eigenvalue weighted by atomic mass is 9.73. The smallest absolute Gasteiger partial charge is 0.226 e. The average Bonchev–Trinajstić information content (AvgIpc) is 3.44. The number of carbonyl (C=O) groups is 2. The number of fused-ring (bicyclic) bond motifs is 1. The summed E-state index contributed by atoms with van der Waals surface area (Å²) in [5.74, 6) is 0.951. The molecule has 3 heterocycles. The van der Waals surface area contributed by atoms with Gasteiger partial charge in [0.2, 0.25) is 11.8 Å². The molecule has 0 bridgehead atoms. The summed E-state index contributed by atoms with van der Waals surface area (Å²) in [7, 11) is 0. The molecule has 2 aromatic carbocycles. The van der Waals surface area contributed by atoms with Crippen LogP contribution in [-0.2, 0) is 22.4 Å². The minimum absolute atomic E-state index is 0.126. The van der Waals surface area contributed by atoms with Crippen molar-refractivity contribution < 1.29 is 18.7 Å². The number of aromatic nitrogens is 1. The number of H-pyrrole nitrogens is 1. The maximum absolute atomic E-state index is 13.4. The van der Waals surface area contributed by atoms with E-state index in [1.54, 1.807) is 12.1 Å². The summed E-state index contributed by atoms with van der Waals surface area (Å²) in [6.07, 6.45) is 6.98. The third-order valence-corrected chi connectivity index (χ3v) is 8.25. The molecule has 7 heteroatoms. The monoisotopic (exact) mass is 531 g/mol. The van der Waals surface area contributed by atoms with Gasteiger partial charge in [-0.15, -0.1) is 0 Å². The zero-order chi connectivity index (χ0) is 27.1. The Bertz CT molecular complexity index is 1260. The third-order valence-electron chi connectivity index (χ3n) is 8.25. The number of hydrogen-bond donors (Lipinski definition) is 2. The quantitative estimate of drug-likeness (QED) is 0.455. The molecule has 2 amide bonds. The van der Waals surface area contributed by atoms with Crippen LogP contribution in [0, 0.1) is 11.2 Å². The summed E-state index contributed by atoms with van der Waals surface area (Å²) >= 11 is 0. The van der Waals surface area contributed by atoms with Gasteiger partial charge in [-0.3, -0.25) is 9.59 Å². The largest absolute Gasteiger partial charge is 0.493 e. The molecule has 0 atom stereocenters. The van der Waals surface area contributed by atoms with Gasteiger partial charge in [-0.05, 0) is 98.5 Å². The zero-order valence-corrected chi connectivity index (χ0v) is 22.5. The molecule has 2 N–H and O–H groups in total. The predicted molar refractivity (Wildman–Crippen MR) is 150 cm³/mol. The molecule has 1 fully saturated rings. The van der Waals surface area contributed by atoms with Crippen molar-refractivity contribution in [3.63, 3.8) is 0 Å². The Morgan fingerprint density at radius 1 is 0.949 bits per heavy atom. The molecular formula is C32H38FN3O3. The zero-order valence-electron chi connectivity index (χ0n) is 22.5. The van der Waals surface area contributed by atoms with Gasteiger partial charge in [-0.25, -0.2) is 4.39 Å². The van der Waals surface area contributed by atoms with Crippen LogP contribution in [0.5, 0.6) is 5.75 Å². The normalized spacial score (nSPS) is 18.2. The van der Waals surface area contributed by atoms with Crippen LogP contribution >= 0.6 is 0 Å². The Morgan fingerprint density at radius 2 is 1.74 bits per heavy atom. The molecular weight excluding hydrogens is 493 g/mol. The second-order valence-electron chi connectivity index (χ2n) is 10.8. The molecule has 0 saturated carbocycles. The maximum atomic E-state index is 13.4. The number of rotatable bonds is 4. The highest BCUT2D eigenvalue weighted by atomic mass is 19.1. The van der Waals surface area contributed by atoms with Crippen molar-refractivity contribution in [3.8, 4) is 17.0 Å². The fourth-order valence-electron chi connectivity index (χ4n) is 5.83. The van der Waals surface area contributed by atoms with Gasteiger partial charge in [0.1, 0.15) is 11.6 Å². The molecule has 1 spiro atoms. The topological polar surface area (TPSA) is 74.4 Å². The second kappa shape index (κ2) is 12.5. The first kappa shape index (κ1) is 27.0. The SMILES string of the molecule is O=C(CCc1ccc(-c2ccc(F)cc2)[nH]1)N1CCC2(CCCCc3ccccc3OCCCNC2=O)CC1. The van der Waals surface area contributed by atoms with E-state index in [2.05, 4.69) is 22.4 Å². The van der Waals surface area contributed by atoms with E-state index in [9.17, 15) is 14.0 Å². The van der Waals surface area contributed by atoms with Gasteiger partial charge >= 0.3 is 0 Å². The van der Waals surface area contributed by atoms with Crippen LogP contribution in [0.3, 0.4) is 0 Å². The van der Waals surface area contributed by atoms with E-state index in [1.165, 1.54) is 17.7 Å². The van der Waals surface area contributed by atoms with E-state index >= 15 is 0 Å². The second-order valence-corrected chi connectivity index (χ2v) is 10.8. The highest BCUT2D eigenvalue weighted by Gasteiger charge is 2.41. The molecule has 2 aliphatic rings. The Kier molecular flexibility index (Phi) is 8.64. The Morgan fingerprint density at radius 3 is 2.56 bits per heavy atom. The number of halogens is 1. The lowest BCUT2D eigenvalue weighted by Crippen LogP contribution is -2.50. The van der Waals surface area contributed by atoms with Crippen LogP contribution in [0.15, 0.2) is 60.7 Å². The summed E-state index contributed by atoms with van der Waals surface area (Å²) in [5, 5.41) is 3.17. The van der Waals surface area contributed by atoms with E-state index < -0.39 is 5.41 Å². The van der Waals surface area contributed by atoms with Crippen molar-refractivity contribution in [2.75, 3.05) is 26.2 Å². The summed E-state index contributed by atoms with van der Waals surface area (Å²) in [6, 6.07) is 18.5. The number of likely N-dealkylation sites (tertiary alicyclic amines) is 1. The number of benzene rings is 2. The first-order valence-electron chi connectivity index (χ1n) is 14.2. The summed E-state index contributed by atoms with van der Waals surface area (Å²) in [5.41, 5.74) is 3.64. The highest BCUT2D eigenvalue weighted by molar-refractivity contribution is 5.83. The van der Waals surface area contributed by atoms with Gasteiger partial charge in [0.05, 0.1) is 12.0 Å². The van der Waals surface area contributed by atoms with E-state index in [0.29, 0.717) is 51.9 Å². The molecule has 3 aromatic rings. The number of nitrogens with zero attached hydrogens (tertiary/aromatic N) is 1. The molecule has 2 aliphatic heterocycles. The van der Waals surface area contributed by atoms with Crippen molar-refractivity contribution in [1.29, 1.82) is 0 Å². The summed E-state index contributed by atoms with van der Waals surface area (Å²) < 4.78 is 19.2. The number of piperidine rings is 1. The number of hydrogen-bond acceptors (Lipinski definition) is 3. The standard InChI is InChI=1S/C32H38FN3O3/c33-26-11-9-24(10-12-26)28-15-13-27(35-28)14-16-30(37)36-21-18-32(19-22-36)17-4-3-7-25-6-1-2-8-29(25)39-23-5-20-34-31(32)38/h1-2,6,8-13,15,35H,3-5,7,14,16-23H2,(H,34,38). The number of ether oxygens (including phenoxy) is 1. The first-order chi connectivity index (χ1) is 19.0. The Balaban J connectivity index is 1.14. The number of carbonyl (C=O) groups excluding carboxylic acids is 2. The van der Waals surface area contributed by atoms with Gasteiger partial charge in [-0.2, -0.15) is 0 Å². The van der Waals surface area contributed by atoms with Crippen molar-refractivity contribution in [2.24, 2.45) is 5.41 Å². The van der Waals surface area contributed by atoms with Gasteiger partial charge in [0.15, 0.2) is 0 Å². The minimum atomic E-state index is -0.408. The molecule has 1 saturated heterocycles. The van der Waals surface area contributed by atoms with Crippen LogP contribution in [0.1, 0.15) is 56.2 Å². The van der Waals surface area contributed by atoms with Crippen molar-refractivity contribution in [3.05, 3.63) is 77.7 Å². The van der Waals surface area contributed by atoms with Crippen molar-refractivity contribution in [2.45, 2.75) is 57.8 Å². The molecule has 1 aromatic heterocycles. The number of para-hydroxylation sites is 1. The molecule has 206 valence electrons. The van der Waals surface area contributed by atoms with Gasteiger partial charge in [-0.1, -0.05) is 24.6 Å². The fraction of sp³-hybridized carbons (Fsp3) is 0.438. The molecule has 5 rings (SSSR count). The number of amides is 2. The van der Waals surface area contributed by atoms with E-state index in [0.717, 1.165) is 54.8 Å². The number of nitrogens with one attached hydrogen (secondary N) is 2. The minimum Gasteiger partial charge on any atom is -0.493 e. The van der Waals surface area contributed by atoms with Gasteiger partial charge < -0.3 is 19.9 Å². The van der Waals surface area contributed by atoms with Crippen LogP contribution < -0.4 is 10.1 Å². The molecule has 6 nitrogen and oxygen atoms in total. The lowest BCUT2D eigenvalue weighted by molar-refractivity contribution is -0.141. The van der Waals surface area contributed by atoms with Crippen LogP contribution in [0.2, 0.25) is 0 Å². The first-order valence-corrected chi connectivity index (χ1v) is 14.2. The maximum Gasteiger partial charge on any atom is 0.226 e. The summed E-state index contributed by atoms with van der Waals surface area (Å²) in [4.78, 5) is 31.7. The molecule has 0 radical (unpaired) electrons. The third kappa shape index (κ3) is 6.70. The summed E-state index contributed by atoms with van der Waals surface area (Å²) in [6.45, 7) is 2.41. The lowest BCUT2D eigenvalue weighted by Gasteiger charge is -2.41. The van der Waals surface area contributed by atoms with E-state index in [1.807, 2.05) is 29.2 Å². The van der Waals surface area contributed by atoms with Gasteiger partial charge in [0, 0.05) is 37.4 Å². The van der Waals surface area contributed by atoms with Crippen LogP contribution in [-0.4, -0.2) is 47.9 Å². The Hall–Kier alpha value is -3.61. The van der Waals surface area contributed by atoms with Crippen molar-refractivity contribution >= 4 is 11.8 Å². The van der Waals surface area contributed by atoms with Crippen molar-refractivity contribution in [1.82, 2.24) is 15.2 Å². The fourth-order valence-corrected chi connectivity index (χ4v) is 5.83. The average molecular weight is 532 g/mol.